The van der Waals surface area contributed by atoms with Crippen LogP contribution in [0.3, 0.4) is 0 Å². The summed E-state index contributed by atoms with van der Waals surface area (Å²) in [6, 6.07) is 10.2. The van der Waals surface area contributed by atoms with Gasteiger partial charge in [0.1, 0.15) is 5.82 Å². The Bertz CT molecular complexity index is 699. The number of hydrogen-bond donors (Lipinski definition) is 1. The smallest absolute Gasteiger partial charge is 0.230 e. The Morgan fingerprint density at radius 2 is 2.19 bits per heavy atom. The molecule has 1 unspecified atom stereocenters. The van der Waals surface area contributed by atoms with E-state index < -0.39 is 0 Å². The molecule has 1 fully saturated rings. The molecule has 1 atom stereocenters. The molecule has 2 aromatic rings. The summed E-state index contributed by atoms with van der Waals surface area (Å²) in [4.78, 5) is 12.1. The Morgan fingerprint density at radius 1 is 1.35 bits per heavy atom. The number of rotatable bonds is 9. The number of aryl methyl sites for hydroxylation is 1. The van der Waals surface area contributed by atoms with Gasteiger partial charge in [-0.2, -0.15) is 0 Å². The highest BCUT2D eigenvalue weighted by atomic mass is 32.2. The fourth-order valence-electron chi connectivity index (χ4n) is 3.03. The van der Waals surface area contributed by atoms with Gasteiger partial charge >= 0.3 is 0 Å². The molecular formula is C19H26N4O2S. The molecule has 1 N–H and O–H groups in total. The predicted molar refractivity (Wildman–Crippen MR) is 102 cm³/mol. The molecule has 1 aliphatic rings. The molecule has 7 heteroatoms. The lowest BCUT2D eigenvalue weighted by atomic mass is 10.1. The molecule has 1 saturated heterocycles. The topological polar surface area (TPSA) is 69.0 Å². The average Bonchev–Trinajstić information content (AvgIpc) is 3.31. The first-order valence-electron chi connectivity index (χ1n) is 9.23. The van der Waals surface area contributed by atoms with E-state index in [4.69, 9.17) is 4.74 Å². The molecule has 140 valence electrons. The second kappa shape index (κ2) is 9.73. The number of carbonyl (C=O) groups is 1. The zero-order chi connectivity index (χ0) is 18.2. The molecule has 0 spiro atoms. The van der Waals surface area contributed by atoms with Crippen molar-refractivity contribution in [1.82, 2.24) is 20.1 Å². The molecule has 3 rings (SSSR count). The van der Waals surface area contributed by atoms with E-state index in [0.29, 0.717) is 12.3 Å². The fraction of sp³-hybridized carbons (Fsp3) is 0.526. The number of nitrogens with one attached hydrogen (secondary N) is 1. The van der Waals surface area contributed by atoms with Gasteiger partial charge < -0.3 is 14.6 Å². The number of aromatic nitrogens is 3. The van der Waals surface area contributed by atoms with Crippen molar-refractivity contribution in [2.24, 2.45) is 0 Å². The Balaban J connectivity index is 1.47. The normalized spacial score (nSPS) is 16.7. The molecule has 1 aliphatic heterocycles. The number of nitrogens with zero attached hydrogens (tertiary/aromatic N) is 3. The van der Waals surface area contributed by atoms with Crippen LogP contribution in [0.15, 0.2) is 35.5 Å². The summed E-state index contributed by atoms with van der Waals surface area (Å²) in [5.41, 5.74) is 1.23. The molecule has 0 radical (unpaired) electrons. The monoisotopic (exact) mass is 374 g/mol. The second-order valence-corrected chi connectivity index (χ2v) is 7.31. The molecule has 1 aromatic carbocycles. The Labute approximate surface area is 158 Å². The van der Waals surface area contributed by atoms with Crippen LogP contribution in [-0.4, -0.2) is 45.7 Å². The van der Waals surface area contributed by atoms with Gasteiger partial charge in [-0.3, -0.25) is 4.79 Å². The largest absolute Gasteiger partial charge is 0.376 e. The highest BCUT2D eigenvalue weighted by Gasteiger charge is 2.20. The summed E-state index contributed by atoms with van der Waals surface area (Å²) >= 11 is 1.44. The van der Waals surface area contributed by atoms with Crippen LogP contribution < -0.4 is 5.32 Å². The Morgan fingerprint density at radius 3 is 2.92 bits per heavy atom. The zero-order valence-electron chi connectivity index (χ0n) is 15.2. The van der Waals surface area contributed by atoms with Crippen molar-refractivity contribution >= 4 is 17.7 Å². The number of amides is 1. The van der Waals surface area contributed by atoms with Crippen molar-refractivity contribution in [1.29, 1.82) is 0 Å². The number of thioether (sulfide) groups is 1. The van der Waals surface area contributed by atoms with Crippen LogP contribution in [-0.2, 0) is 28.9 Å². The first kappa shape index (κ1) is 18.9. The molecule has 0 saturated carbocycles. The minimum absolute atomic E-state index is 0.0237. The van der Waals surface area contributed by atoms with E-state index in [1.165, 1.54) is 17.3 Å². The maximum absolute atomic E-state index is 12.1. The minimum atomic E-state index is 0.0237. The van der Waals surface area contributed by atoms with Gasteiger partial charge in [-0.1, -0.05) is 49.0 Å². The molecule has 26 heavy (non-hydrogen) atoms. The number of hydrogen-bond acceptors (Lipinski definition) is 5. The summed E-state index contributed by atoms with van der Waals surface area (Å²) in [6.07, 6.45) is 4.08. The molecule has 1 amide bonds. The molecule has 0 aliphatic carbocycles. The summed E-state index contributed by atoms with van der Waals surface area (Å²) in [7, 11) is 0. The Kier molecular flexibility index (Phi) is 7.08. The van der Waals surface area contributed by atoms with E-state index in [0.717, 1.165) is 49.8 Å². The summed E-state index contributed by atoms with van der Waals surface area (Å²) < 4.78 is 7.85. The van der Waals surface area contributed by atoms with Crippen LogP contribution in [0.1, 0.15) is 31.2 Å². The van der Waals surface area contributed by atoms with E-state index in [9.17, 15) is 4.79 Å². The summed E-state index contributed by atoms with van der Waals surface area (Å²) in [5.74, 6) is 1.32. The van der Waals surface area contributed by atoms with E-state index >= 15 is 0 Å². The second-order valence-electron chi connectivity index (χ2n) is 6.37. The van der Waals surface area contributed by atoms with Gasteiger partial charge in [-0.25, -0.2) is 0 Å². The van der Waals surface area contributed by atoms with Gasteiger partial charge in [0.15, 0.2) is 5.16 Å². The van der Waals surface area contributed by atoms with Crippen LogP contribution in [0.2, 0.25) is 0 Å². The van der Waals surface area contributed by atoms with E-state index in [-0.39, 0.29) is 12.0 Å². The van der Waals surface area contributed by atoms with Crippen molar-refractivity contribution in [2.45, 2.75) is 50.4 Å². The molecule has 1 aromatic heterocycles. The standard InChI is InChI=1S/C19H26N4O2S/c1-2-17-21-22-19(23(17)13-16-9-6-12-25-16)26-14-18(24)20-11-10-15-7-4-3-5-8-15/h3-5,7-8,16H,2,6,9-14H2,1H3,(H,20,24). The van der Waals surface area contributed by atoms with Crippen LogP contribution in [0.25, 0.3) is 0 Å². The van der Waals surface area contributed by atoms with Crippen molar-refractivity contribution < 1.29 is 9.53 Å². The fourth-order valence-corrected chi connectivity index (χ4v) is 3.83. The SMILES string of the molecule is CCc1nnc(SCC(=O)NCCc2ccccc2)n1CC1CCCO1. The highest BCUT2D eigenvalue weighted by molar-refractivity contribution is 7.99. The molecule has 6 nitrogen and oxygen atoms in total. The number of benzene rings is 1. The van der Waals surface area contributed by atoms with Gasteiger partial charge in [-0.05, 0) is 24.8 Å². The van der Waals surface area contributed by atoms with Crippen molar-refractivity contribution in [2.75, 3.05) is 18.9 Å². The number of carbonyl (C=O) groups excluding carboxylic acids is 1. The van der Waals surface area contributed by atoms with Crippen molar-refractivity contribution in [3.8, 4) is 0 Å². The maximum Gasteiger partial charge on any atom is 0.230 e. The first-order chi connectivity index (χ1) is 12.8. The summed E-state index contributed by atoms with van der Waals surface area (Å²) in [6.45, 7) is 4.32. The third-order valence-electron chi connectivity index (χ3n) is 4.43. The van der Waals surface area contributed by atoms with Gasteiger partial charge in [0.05, 0.1) is 18.4 Å². The molecule has 0 bridgehead atoms. The molecular weight excluding hydrogens is 348 g/mol. The van der Waals surface area contributed by atoms with Crippen molar-refractivity contribution in [3.63, 3.8) is 0 Å². The third-order valence-corrected chi connectivity index (χ3v) is 5.40. The molecule has 2 heterocycles. The van der Waals surface area contributed by atoms with Crippen LogP contribution in [0.5, 0.6) is 0 Å². The van der Waals surface area contributed by atoms with E-state index in [2.05, 4.69) is 39.1 Å². The van der Waals surface area contributed by atoms with Gasteiger partial charge in [0.2, 0.25) is 5.91 Å². The quantitative estimate of drug-likeness (QED) is 0.683. The third kappa shape index (κ3) is 5.32. The van der Waals surface area contributed by atoms with Gasteiger partial charge in [0.25, 0.3) is 0 Å². The lowest BCUT2D eigenvalue weighted by molar-refractivity contribution is -0.118. The van der Waals surface area contributed by atoms with Crippen LogP contribution in [0.4, 0.5) is 0 Å². The average molecular weight is 375 g/mol. The predicted octanol–water partition coefficient (Wildman–Crippen LogP) is 2.47. The number of ether oxygens (including phenoxy) is 1. The lowest BCUT2D eigenvalue weighted by Crippen LogP contribution is -2.27. The van der Waals surface area contributed by atoms with Crippen molar-refractivity contribution in [3.05, 3.63) is 41.7 Å². The maximum atomic E-state index is 12.1. The van der Waals surface area contributed by atoms with Gasteiger partial charge in [-0.15, -0.1) is 10.2 Å². The zero-order valence-corrected chi connectivity index (χ0v) is 16.0. The first-order valence-corrected chi connectivity index (χ1v) is 10.2. The van der Waals surface area contributed by atoms with Gasteiger partial charge in [0, 0.05) is 19.6 Å². The van der Waals surface area contributed by atoms with E-state index in [1.54, 1.807) is 0 Å². The summed E-state index contributed by atoms with van der Waals surface area (Å²) in [5, 5.41) is 12.3. The van der Waals surface area contributed by atoms with Crippen LogP contribution >= 0.6 is 11.8 Å². The van der Waals surface area contributed by atoms with Crippen LogP contribution in [0, 0.1) is 0 Å². The lowest BCUT2D eigenvalue weighted by Gasteiger charge is -2.14. The highest BCUT2D eigenvalue weighted by Crippen LogP contribution is 2.21. The van der Waals surface area contributed by atoms with E-state index in [1.807, 2.05) is 18.2 Å². The Hall–Kier alpha value is -1.86. The minimum Gasteiger partial charge on any atom is -0.376 e.